The van der Waals surface area contributed by atoms with Crippen LogP contribution in [0.2, 0.25) is 0 Å². The van der Waals surface area contributed by atoms with E-state index in [1.807, 2.05) is 25.1 Å². The SMILES string of the molecule is COc1cc(C)c(-c2nc3ccccc3c(=O)n2N=Cc2ccccc2OCC(=O)Nc2ccccc2F)cc1C(C)C. The molecule has 0 aliphatic carbocycles. The summed E-state index contributed by atoms with van der Waals surface area (Å²) >= 11 is 0. The van der Waals surface area contributed by atoms with Crippen LogP contribution >= 0.6 is 0 Å². The predicted octanol–water partition coefficient (Wildman–Crippen LogP) is 6.54. The Morgan fingerprint density at radius 2 is 1.74 bits per heavy atom. The monoisotopic (exact) mass is 578 g/mol. The molecule has 0 aliphatic heterocycles. The van der Waals surface area contributed by atoms with Gasteiger partial charge in [-0.1, -0.05) is 50.2 Å². The summed E-state index contributed by atoms with van der Waals surface area (Å²) in [6.45, 7) is 5.73. The molecule has 1 aromatic heterocycles. The van der Waals surface area contributed by atoms with Gasteiger partial charge < -0.3 is 14.8 Å². The first-order valence-electron chi connectivity index (χ1n) is 13.8. The molecule has 0 unspecified atom stereocenters. The van der Waals surface area contributed by atoms with Crippen molar-refractivity contribution in [3.63, 3.8) is 0 Å². The van der Waals surface area contributed by atoms with Crippen molar-refractivity contribution in [3.8, 4) is 22.9 Å². The molecule has 5 aromatic rings. The number of anilines is 1. The van der Waals surface area contributed by atoms with E-state index in [2.05, 4.69) is 24.3 Å². The average molecular weight is 579 g/mol. The highest BCUT2D eigenvalue weighted by molar-refractivity contribution is 5.92. The highest BCUT2D eigenvalue weighted by Gasteiger charge is 2.18. The van der Waals surface area contributed by atoms with Crippen LogP contribution in [-0.2, 0) is 4.79 Å². The van der Waals surface area contributed by atoms with Crippen LogP contribution < -0.4 is 20.3 Å². The standard InChI is InChI=1S/C34H31FN4O4/c1-21(2)25-18-26(22(3)17-31(25)42-4)33-38-28-14-8-6-12-24(28)34(41)39(33)36-19-23-11-5-10-16-30(23)43-20-32(40)37-29-15-9-7-13-27(29)35/h5-19,21H,20H2,1-4H3,(H,37,40). The van der Waals surface area contributed by atoms with Crippen LogP contribution in [-0.4, -0.2) is 35.5 Å². The quantitative estimate of drug-likeness (QED) is 0.200. The number of para-hydroxylation sites is 3. The van der Waals surface area contributed by atoms with Gasteiger partial charge in [0, 0.05) is 11.1 Å². The fourth-order valence-corrected chi connectivity index (χ4v) is 4.70. The Morgan fingerprint density at radius 3 is 2.51 bits per heavy atom. The maximum Gasteiger partial charge on any atom is 0.282 e. The molecule has 0 saturated carbocycles. The van der Waals surface area contributed by atoms with Crippen molar-refractivity contribution in [2.45, 2.75) is 26.7 Å². The number of amides is 1. The van der Waals surface area contributed by atoms with E-state index in [0.717, 1.165) is 22.4 Å². The van der Waals surface area contributed by atoms with Gasteiger partial charge in [0.05, 0.1) is 29.9 Å². The van der Waals surface area contributed by atoms with Crippen molar-refractivity contribution in [2.24, 2.45) is 5.10 Å². The summed E-state index contributed by atoms with van der Waals surface area (Å²) in [6, 6.07) is 23.9. The number of nitrogens with zero attached hydrogens (tertiary/aromatic N) is 3. The molecule has 0 aliphatic rings. The molecule has 0 bridgehead atoms. The summed E-state index contributed by atoms with van der Waals surface area (Å²) in [6.07, 6.45) is 1.49. The third-order valence-electron chi connectivity index (χ3n) is 6.93. The van der Waals surface area contributed by atoms with Crippen LogP contribution in [0.3, 0.4) is 0 Å². The average Bonchev–Trinajstić information content (AvgIpc) is 3.00. The van der Waals surface area contributed by atoms with E-state index in [-0.39, 0.29) is 23.8 Å². The summed E-state index contributed by atoms with van der Waals surface area (Å²) < 4.78 is 26.6. The molecule has 9 heteroatoms. The first-order valence-corrected chi connectivity index (χ1v) is 13.8. The smallest absolute Gasteiger partial charge is 0.282 e. The van der Waals surface area contributed by atoms with E-state index in [4.69, 9.17) is 14.5 Å². The molecule has 218 valence electrons. The second kappa shape index (κ2) is 12.7. The molecule has 0 atom stereocenters. The normalized spacial score (nSPS) is 11.3. The van der Waals surface area contributed by atoms with Crippen LogP contribution in [0.4, 0.5) is 10.1 Å². The van der Waals surface area contributed by atoms with E-state index in [9.17, 15) is 14.0 Å². The number of hydrogen-bond donors (Lipinski definition) is 1. The Morgan fingerprint density at radius 1 is 1.02 bits per heavy atom. The van der Waals surface area contributed by atoms with Crippen molar-refractivity contribution < 1.29 is 18.7 Å². The number of benzene rings is 4. The van der Waals surface area contributed by atoms with Gasteiger partial charge in [-0.15, -0.1) is 0 Å². The third kappa shape index (κ3) is 6.30. The molecular formula is C34H31FN4O4. The number of rotatable bonds is 9. The molecule has 5 rings (SSSR count). The minimum Gasteiger partial charge on any atom is -0.496 e. The second-order valence-electron chi connectivity index (χ2n) is 10.2. The van der Waals surface area contributed by atoms with E-state index >= 15 is 0 Å². The summed E-state index contributed by atoms with van der Waals surface area (Å²) in [5.41, 5.74) is 3.42. The third-order valence-corrected chi connectivity index (χ3v) is 6.93. The molecule has 1 amide bonds. The Bertz CT molecular complexity index is 1900. The lowest BCUT2D eigenvalue weighted by Gasteiger charge is -2.17. The first-order chi connectivity index (χ1) is 20.8. The Balaban J connectivity index is 1.52. The fourth-order valence-electron chi connectivity index (χ4n) is 4.70. The van der Waals surface area contributed by atoms with Crippen LogP contribution in [0.5, 0.6) is 11.5 Å². The van der Waals surface area contributed by atoms with Crippen LogP contribution in [0.25, 0.3) is 22.3 Å². The van der Waals surface area contributed by atoms with Crippen LogP contribution in [0, 0.1) is 12.7 Å². The van der Waals surface area contributed by atoms with E-state index in [1.54, 1.807) is 55.6 Å². The predicted molar refractivity (Wildman–Crippen MR) is 167 cm³/mol. The van der Waals surface area contributed by atoms with Gasteiger partial charge >= 0.3 is 0 Å². The summed E-state index contributed by atoms with van der Waals surface area (Å²) in [7, 11) is 1.64. The van der Waals surface area contributed by atoms with Crippen molar-refractivity contribution in [1.29, 1.82) is 0 Å². The number of methoxy groups -OCH3 is 1. The Labute approximate surface area is 248 Å². The summed E-state index contributed by atoms with van der Waals surface area (Å²) in [4.78, 5) is 31.1. The second-order valence-corrected chi connectivity index (χ2v) is 10.2. The van der Waals surface area contributed by atoms with Crippen LogP contribution in [0.1, 0.15) is 36.5 Å². The van der Waals surface area contributed by atoms with Gasteiger partial charge in [-0.2, -0.15) is 9.78 Å². The molecule has 0 spiro atoms. The van der Waals surface area contributed by atoms with Gasteiger partial charge in [0.1, 0.15) is 17.3 Å². The van der Waals surface area contributed by atoms with E-state index in [0.29, 0.717) is 28.0 Å². The van der Waals surface area contributed by atoms with E-state index in [1.165, 1.54) is 29.1 Å². The highest BCUT2D eigenvalue weighted by atomic mass is 19.1. The maximum atomic E-state index is 13.9. The number of aryl methyl sites for hydroxylation is 1. The minimum absolute atomic E-state index is 0.0658. The number of fused-ring (bicyclic) bond motifs is 1. The zero-order chi connectivity index (χ0) is 30.5. The summed E-state index contributed by atoms with van der Waals surface area (Å²) in [5.74, 6) is 0.606. The number of nitrogens with one attached hydrogen (secondary N) is 1. The van der Waals surface area contributed by atoms with Crippen LogP contribution in [0.15, 0.2) is 94.8 Å². The Hall–Kier alpha value is -5.31. The fraction of sp³-hybridized carbons (Fsp3) is 0.176. The number of carbonyl (C=O) groups is 1. The molecule has 0 saturated heterocycles. The first kappa shape index (κ1) is 29.2. The van der Waals surface area contributed by atoms with Gasteiger partial charge in [-0.25, -0.2) is 9.37 Å². The molecule has 1 heterocycles. The number of halogens is 1. The maximum absolute atomic E-state index is 13.9. The molecule has 0 radical (unpaired) electrons. The lowest BCUT2D eigenvalue weighted by atomic mass is 9.96. The minimum atomic E-state index is -0.541. The molecule has 4 aromatic carbocycles. The van der Waals surface area contributed by atoms with E-state index < -0.39 is 11.7 Å². The lowest BCUT2D eigenvalue weighted by Crippen LogP contribution is -2.21. The van der Waals surface area contributed by atoms with Crippen molar-refractivity contribution in [1.82, 2.24) is 9.66 Å². The zero-order valence-corrected chi connectivity index (χ0v) is 24.3. The lowest BCUT2D eigenvalue weighted by molar-refractivity contribution is -0.118. The van der Waals surface area contributed by atoms with Gasteiger partial charge in [0.25, 0.3) is 11.5 Å². The van der Waals surface area contributed by atoms with Gasteiger partial charge in [-0.05, 0) is 72.5 Å². The van der Waals surface area contributed by atoms with Crippen molar-refractivity contribution in [3.05, 3.63) is 118 Å². The molecule has 8 nitrogen and oxygen atoms in total. The van der Waals surface area contributed by atoms with Gasteiger partial charge in [0.15, 0.2) is 12.4 Å². The summed E-state index contributed by atoms with van der Waals surface area (Å²) in [5, 5.41) is 7.51. The number of aromatic nitrogens is 2. The number of carbonyl (C=O) groups excluding carboxylic acids is 1. The van der Waals surface area contributed by atoms with Crippen molar-refractivity contribution in [2.75, 3.05) is 19.0 Å². The molecule has 1 N–H and O–H groups in total. The largest absolute Gasteiger partial charge is 0.496 e. The molecule has 0 fully saturated rings. The van der Waals surface area contributed by atoms with Gasteiger partial charge in [0.2, 0.25) is 0 Å². The van der Waals surface area contributed by atoms with Crippen molar-refractivity contribution >= 4 is 28.7 Å². The molecule has 43 heavy (non-hydrogen) atoms. The number of hydrogen-bond acceptors (Lipinski definition) is 6. The zero-order valence-electron chi connectivity index (χ0n) is 24.3. The van der Waals surface area contributed by atoms with Gasteiger partial charge in [-0.3, -0.25) is 9.59 Å². The Kier molecular flexibility index (Phi) is 8.61. The number of ether oxygens (including phenoxy) is 2. The molecular weight excluding hydrogens is 547 g/mol. The highest BCUT2D eigenvalue weighted by Crippen LogP contribution is 2.34. The topological polar surface area (TPSA) is 94.8 Å².